The summed E-state index contributed by atoms with van der Waals surface area (Å²) in [6.45, 7) is -0.0208. The van der Waals surface area contributed by atoms with E-state index in [4.69, 9.17) is 11.6 Å². The second-order valence-electron chi connectivity index (χ2n) is 4.59. The minimum absolute atomic E-state index is 0.0208. The van der Waals surface area contributed by atoms with Crippen molar-refractivity contribution in [2.75, 3.05) is 0 Å². The molecule has 0 saturated carbocycles. The number of hydrogen-bond acceptors (Lipinski definition) is 3. The largest absolute Gasteiger partial charge is 0.269 e. The number of nitrogens with zero attached hydrogens (tertiary/aromatic N) is 1. The van der Waals surface area contributed by atoms with Crippen LogP contribution in [0.3, 0.4) is 0 Å². The second kappa shape index (κ2) is 5.26. The zero-order valence-electron chi connectivity index (χ0n) is 10.6. The van der Waals surface area contributed by atoms with E-state index in [1.807, 2.05) is 22.6 Å². The molecule has 2 aromatic rings. The summed E-state index contributed by atoms with van der Waals surface area (Å²) in [6.07, 6.45) is 0. The molecule has 0 bridgehead atoms. The summed E-state index contributed by atoms with van der Waals surface area (Å²) in [5, 5.41) is 0.503. The van der Waals surface area contributed by atoms with Crippen LogP contribution in [0.15, 0.2) is 47.4 Å². The van der Waals surface area contributed by atoms with Gasteiger partial charge in [0.2, 0.25) is 0 Å². The van der Waals surface area contributed by atoms with E-state index in [0.717, 1.165) is 7.88 Å². The van der Waals surface area contributed by atoms with Gasteiger partial charge < -0.3 is 0 Å². The maximum absolute atomic E-state index is 12.5. The molecule has 1 aliphatic heterocycles. The predicted molar refractivity (Wildman–Crippen MR) is 87.7 cm³/mol. The molecule has 0 atom stereocenters. The quantitative estimate of drug-likeness (QED) is 0.683. The van der Waals surface area contributed by atoms with Crippen LogP contribution < -0.4 is 0 Å². The minimum Gasteiger partial charge on any atom is -0.268 e. The fraction of sp³-hybridized carbons (Fsp3) is 0.0714. The highest BCUT2D eigenvalue weighted by atomic mass is 127. The fourth-order valence-corrected chi connectivity index (χ4v) is 4.70. The molecule has 1 amide bonds. The summed E-state index contributed by atoms with van der Waals surface area (Å²) < 4.78 is 26.7. The molecule has 4 nitrogen and oxygen atoms in total. The molecule has 0 aliphatic carbocycles. The van der Waals surface area contributed by atoms with Crippen LogP contribution in [-0.4, -0.2) is 18.6 Å². The maximum Gasteiger partial charge on any atom is 0.269 e. The minimum atomic E-state index is -3.79. The lowest BCUT2D eigenvalue weighted by Gasteiger charge is -2.15. The van der Waals surface area contributed by atoms with Crippen LogP contribution in [0.5, 0.6) is 0 Å². The first-order valence-corrected chi connectivity index (χ1v) is 8.90. The maximum atomic E-state index is 12.5. The monoisotopic (exact) mass is 433 g/mol. The molecule has 1 aliphatic rings. The molecule has 108 valence electrons. The first kappa shape index (κ1) is 14.8. The van der Waals surface area contributed by atoms with E-state index < -0.39 is 15.9 Å². The van der Waals surface area contributed by atoms with Crippen molar-refractivity contribution in [3.05, 3.63) is 62.2 Å². The third kappa shape index (κ3) is 2.56. The van der Waals surface area contributed by atoms with Gasteiger partial charge in [-0.2, -0.15) is 0 Å². The van der Waals surface area contributed by atoms with E-state index in [2.05, 4.69) is 0 Å². The van der Waals surface area contributed by atoms with Gasteiger partial charge in [-0.25, -0.2) is 12.7 Å². The highest BCUT2D eigenvalue weighted by Gasteiger charge is 2.41. The van der Waals surface area contributed by atoms with Gasteiger partial charge >= 0.3 is 0 Å². The summed E-state index contributed by atoms with van der Waals surface area (Å²) >= 11 is 7.91. The second-order valence-corrected chi connectivity index (χ2v) is 8.10. The Bertz CT molecular complexity index is 851. The third-order valence-corrected chi connectivity index (χ3v) is 5.86. The Hall–Kier alpha value is -1.12. The summed E-state index contributed by atoms with van der Waals surface area (Å²) in [5.41, 5.74) is 0.888. The first-order valence-electron chi connectivity index (χ1n) is 6.00. The van der Waals surface area contributed by atoms with E-state index in [1.54, 1.807) is 36.4 Å². The molecular weight excluding hydrogens is 425 g/mol. The average Bonchev–Trinajstić information content (AvgIpc) is 2.60. The van der Waals surface area contributed by atoms with Crippen molar-refractivity contribution in [2.45, 2.75) is 11.4 Å². The topological polar surface area (TPSA) is 54.5 Å². The van der Waals surface area contributed by atoms with Gasteiger partial charge in [0.15, 0.2) is 0 Å². The molecule has 0 saturated heterocycles. The van der Waals surface area contributed by atoms with Crippen molar-refractivity contribution in [3.63, 3.8) is 0 Å². The molecule has 2 aromatic carbocycles. The van der Waals surface area contributed by atoms with Crippen LogP contribution in [0.4, 0.5) is 0 Å². The Morgan fingerprint density at radius 2 is 1.90 bits per heavy atom. The molecule has 3 rings (SSSR count). The molecule has 0 aromatic heterocycles. The number of hydrogen-bond donors (Lipinski definition) is 0. The van der Waals surface area contributed by atoms with Gasteiger partial charge in [-0.1, -0.05) is 23.7 Å². The zero-order valence-corrected chi connectivity index (χ0v) is 14.3. The van der Waals surface area contributed by atoms with Gasteiger partial charge in [0, 0.05) is 8.59 Å². The lowest BCUT2D eigenvalue weighted by molar-refractivity contribution is 0.0865. The molecule has 0 radical (unpaired) electrons. The Labute approximate surface area is 140 Å². The Morgan fingerprint density at radius 3 is 2.62 bits per heavy atom. The predicted octanol–water partition coefficient (Wildman–Crippen LogP) is 3.29. The Morgan fingerprint density at radius 1 is 1.14 bits per heavy atom. The van der Waals surface area contributed by atoms with Crippen molar-refractivity contribution >= 4 is 50.1 Å². The fourth-order valence-electron chi connectivity index (χ4n) is 2.21. The molecule has 0 unspecified atom stereocenters. The van der Waals surface area contributed by atoms with Crippen LogP contribution in [-0.2, 0) is 16.6 Å². The number of benzene rings is 2. The number of amides is 1. The molecule has 0 spiro atoms. The van der Waals surface area contributed by atoms with Crippen molar-refractivity contribution in [3.8, 4) is 0 Å². The van der Waals surface area contributed by atoms with Gasteiger partial charge in [0.05, 0.1) is 12.1 Å². The average molecular weight is 434 g/mol. The van der Waals surface area contributed by atoms with Gasteiger partial charge in [-0.15, -0.1) is 0 Å². The van der Waals surface area contributed by atoms with Crippen LogP contribution in [0, 0.1) is 3.57 Å². The normalized spacial score (nSPS) is 16.1. The SMILES string of the molecule is O=C1c2ccc(I)cc2S(=O)(=O)N1Cc1cccc(Cl)c1. The Balaban J connectivity index is 2.04. The van der Waals surface area contributed by atoms with Gasteiger partial charge in [-0.05, 0) is 58.5 Å². The van der Waals surface area contributed by atoms with Crippen molar-refractivity contribution in [1.29, 1.82) is 0 Å². The third-order valence-electron chi connectivity index (χ3n) is 3.18. The first-order chi connectivity index (χ1) is 9.89. The van der Waals surface area contributed by atoms with Crippen LogP contribution in [0.1, 0.15) is 15.9 Å². The number of carbonyl (C=O) groups excluding carboxylic acids is 1. The van der Waals surface area contributed by atoms with E-state index >= 15 is 0 Å². The number of halogens is 2. The summed E-state index contributed by atoms with van der Waals surface area (Å²) in [7, 11) is -3.79. The molecule has 21 heavy (non-hydrogen) atoms. The van der Waals surface area contributed by atoms with E-state index in [-0.39, 0.29) is 17.0 Å². The Kier molecular flexibility index (Phi) is 3.71. The van der Waals surface area contributed by atoms with Crippen LogP contribution in [0.2, 0.25) is 5.02 Å². The van der Waals surface area contributed by atoms with Gasteiger partial charge in [-0.3, -0.25) is 4.79 Å². The van der Waals surface area contributed by atoms with Crippen LogP contribution >= 0.6 is 34.2 Å². The lowest BCUT2D eigenvalue weighted by atomic mass is 10.2. The number of sulfonamides is 1. The highest BCUT2D eigenvalue weighted by Crippen LogP contribution is 2.32. The van der Waals surface area contributed by atoms with Crippen LogP contribution in [0.25, 0.3) is 0 Å². The van der Waals surface area contributed by atoms with Gasteiger partial charge in [0.1, 0.15) is 4.90 Å². The zero-order chi connectivity index (χ0) is 15.2. The lowest BCUT2D eigenvalue weighted by Crippen LogP contribution is -2.29. The van der Waals surface area contributed by atoms with E-state index in [9.17, 15) is 13.2 Å². The molecular formula is C14H9ClINO3S. The number of carbonyl (C=O) groups is 1. The molecule has 1 heterocycles. The van der Waals surface area contributed by atoms with Crippen molar-refractivity contribution in [1.82, 2.24) is 4.31 Å². The van der Waals surface area contributed by atoms with E-state index in [0.29, 0.717) is 10.6 Å². The van der Waals surface area contributed by atoms with Crippen molar-refractivity contribution in [2.24, 2.45) is 0 Å². The molecule has 0 N–H and O–H groups in total. The smallest absolute Gasteiger partial charge is 0.268 e. The number of fused-ring (bicyclic) bond motifs is 1. The van der Waals surface area contributed by atoms with Crippen molar-refractivity contribution < 1.29 is 13.2 Å². The standard InChI is InChI=1S/C14H9ClINO3S/c15-10-3-1-2-9(6-10)8-17-14(18)12-5-4-11(16)7-13(12)21(17,19)20/h1-7H,8H2. The van der Waals surface area contributed by atoms with Gasteiger partial charge in [0.25, 0.3) is 15.9 Å². The van der Waals surface area contributed by atoms with E-state index in [1.165, 1.54) is 6.07 Å². The summed E-state index contributed by atoms with van der Waals surface area (Å²) in [4.78, 5) is 12.4. The summed E-state index contributed by atoms with van der Waals surface area (Å²) in [5.74, 6) is -0.499. The summed E-state index contributed by atoms with van der Waals surface area (Å²) in [6, 6.07) is 11.6. The molecule has 0 fully saturated rings. The molecule has 7 heteroatoms. The highest BCUT2D eigenvalue weighted by molar-refractivity contribution is 14.1. The number of rotatable bonds is 2.